The Balaban J connectivity index is 2.94. The van der Waals surface area contributed by atoms with Crippen LogP contribution in [0.15, 0.2) is 23.1 Å². The smallest absolute Gasteiger partial charge is 0.241 e. The molecule has 108 valence electrons. The molecule has 0 fully saturated rings. The molecule has 0 spiro atoms. The normalized spacial score (nSPS) is 13.5. The van der Waals surface area contributed by atoms with Gasteiger partial charge in [0.25, 0.3) is 0 Å². The molecule has 5 nitrogen and oxygen atoms in total. The van der Waals surface area contributed by atoms with Crippen LogP contribution in [0.3, 0.4) is 0 Å². The van der Waals surface area contributed by atoms with Gasteiger partial charge in [-0.15, -0.1) is 0 Å². The average Bonchev–Trinajstić information content (AvgIpc) is 2.35. The molecular formula is C13H22N2O3S. The molecule has 1 aromatic carbocycles. The average molecular weight is 286 g/mol. The Labute approximate surface area is 115 Å². The summed E-state index contributed by atoms with van der Waals surface area (Å²) in [4.78, 5) is 0.291. The summed E-state index contributed by atoms with van der Waals surface area (Å²) in [5, 5.41) is 0. The molecule has 0 saturated heterocycles. The maximum absolute atomic E-state index is 12.3. The number of methoxy groups -OCH3 is 1. The van der Waals surface area contributed by atoms with Crippen molar-refractivity contribution in [3.63, 3.8) is 0 Å². The highest BCUT2D eigenvalue weighted by Crippen LogP contribution is 2.19. The number of hydrogen-bond donors (Lipinski definition) is 2. The van der Waals surface area contributed by atoms with E-state index in [1.54, 1.807) is 26.2 Å². The van der Waals surface area contributed by atoms with Crippen LogP contribution < -0.4 is 10.5 Å². The lowest BCUT2D eigenvalue weighted by atomic mass is 10.1. The Morgan fingerprint density at radius 3 is 2.68 bits per heavy atom. The van der Waals surface area contributed by atoms with Crippen molar-refractivity contribution in [3.8, 4) is 0 Å². The second-order valence-electron chi connectivity index (χ2n) is 4.55. The Kier molecular flexibility index (Phi) is 5.93. The van der Waals surface area contributed by atoms with Crippen LogP contribution >= 0.6 is 0 Å². The highest BCUT2D eigenvalue weighted by atomic mass is 32.2. The molecule has 19 heavy (non-hydrogen) atoms. The molecule has 0 amide bonds. The summed E-state index contributed by atoms with van der Waals surface area (Å²) in [6.07, 6.45) is 0.630. The Morgan fingerprint density at radius 2 is 2.11 bits per heavy atom. The van der Waals surface area contributed by atoms with E-state index in [9.17, 15) is 8.42 Å². The third kappa shape index (κ3) is 4.28. The van der Waals surface area contributed by atoms with E-state index < -0.39 is 10.0 Å². The molecular weight excluding hydrogens is 264 g/mol. The van der Waals surface area contributed by atoms with Gasteiger partial charge in [0.15, 0.2) is 0 Å². The van der Waals surface area contributed by atoms with Crippen molar-refractivity contribution in [1.82, 2.24) is 4.72 Å². The molecule has 3 N–H and O–H groups in total. The second kappa shape index (κ2) is 7.00. The third-order valence-corrected chi connectivity index (χ3v) is 4.75. The van der Waals surface area contributed by atoms with Gasteiger partial charge in [0, 0.05) is 26.3 Å². The standard InChI is InChI=1S/C13H22N2O3S/c1-10(7-8-18-3)15-19(16,17)13-6-4-5-12(9-14)11(13)2/h4-6,10,15H,7-9,14H2,1-3H3. The van der Waals surface area contributed by atoms with Crippen molar-refractivity contribution in [1.29, 1.82) is 0 Å². The lowest BCUT2D eigenvalue weighted by Gasteiger charge is -2.16. The number of nitrogens with one attached hydrogen (secondary N) is 1. The first-order valence-electron chi connectivity index (χ1n) is 6.22. The first-order chi connectivity index (χ1) is 8.92. The summed E-state index contributed by atoms with van der Waals surface area (Å²) in [6, 6.07) is 4.97. The Morgan fingerprint density at radius 1 is 1.42 bits per heavy atom. The number of ether oxygens (including phenoxy) is 1. The molecule has 1 unspecified atom stereocenters. The van der Waals surface area contributed by atoms with E-state index in [4.69, 9.17) is 10.5 Å². The lowest BCUT2D eigenvalue weighted by Crippen LogP contribution is -2.33. The lowest BCUT2D eigenvalue weighted by molar-refractivity contribution is 0.188. The van der Waals surface area contributed by atoms with E-state index >= 15 is 0 Å². The molecule has 0 saturated carbocycles. The molecule has 0 aliphatic rings. The molecule has 1 atom stereocenters. The summed E-state index contributed by atoms with van der Waals surface area (Å²) < 4.78 is 32.2. The quantitative estimate of drug-likeness (QED) is 0.788. The molecule has 0 aliphatic heterocycles. The minimum atomic E-state index is -3.51. The highest BCUT2D eigenvalue weighted by molar-refractivity contribution is 7.89. The Bertz CT molecular complexity index is 515. The summed E-state index contributed by atoms with van der Waals surface area (Å²) in [5.41, 5.74) is 7.14. The topological polar surface area (TPSA) is 81.4 Å². The van der Waals surface area contributed by atoms with Crippen LogP contribution in [0.5, 0.6) is 0 Å². The largest absolute Gasteiger partial charge is 0.385 e. The van der Waals surface area contributed by atoms with Gasteiger partial charge in [-0.05, 0) is 37.5 Å². The second-order valence-corrected chi connectivity index (χ2v) is 6.23. The van der Waals surface area contributed by atoms with Crippen molar-refractivity contribution >= 4 is 10.0 Å². The van der Waals surface area contributed by atoms with E-state index in [0.717, 1.165) is 5.56 Å². The summed E-state index contributed by atoms with van der Waals surface area (Å²) in [5.74, 6) is 0. The number of sulfonamides is 1. The van der Waals surface area contributed by atoms with Crippen LogP contribution in [0.2, 0.25) is 0 Å². The highest BCUT2D eigenvalue weighted by Gasteiger charge is 2.20. The maximum atomic E-state index is 12.3. The van der Waals surface area contributed by atoms with Gasteiger partial charge in [-0.25, -0.2) is 13.1 Å². The Hall–Kier alpha value is -0.950. The fraction of sp³-hybridized carbons (Fsp3) is 0.538. The van der Waals surface area contributed by atoms with Crippen LogP contribution in [0, 0.1) is 6.92 Å². The minimum Gasteiger partial charge on any atom is -0.385 e. The van der Waals surface area contributed by atoms with E-state index in [2.05, 4.69) is 4.72 Å². The van der Waals surface area contributed by atoms with Gasteiger partial charge in [-0.1, -0.05) is 12.1 Å². The molecule has 6 heteroatoms. The van der Waals surface area contributed by atoms with Crippen LogP contribution in [-0.4, -0.2) is 28.2 Å². The summed E-state index contributed by atoms with van der Waals surface area (Å²) >= 11 is 0. The van der Waals surface area contributed by atoms with Crippen molar-refractivity contribution in [2.75, 3.05) is 13.7 Å². The SMILES string of the molecule is COCCC(C)NS(=O)(=O)c1cccc(CN)c1C. The first-order valence-corrected chi connectivity index (χ1v) is 7.70. The summed E-state index contributed by atoms with van der Waals surface area (Å²) in [7, 11) is -1.92. The van der Waals surface area contributed by atoms with E-state index in [1.807, 2.05) is 13.0 Å². The van der Waals surface area contributed by atoms with Gasteiger partial charge in [0.1, 0.15) is 0 Å². The van der Waals surface area contributed by atoms with Crippen molar-refractivity contribution in [3.05, 3.63) is 29.3 Å². The fourth-order valence-corrected chi connectivity index (χ4v) is 3.42. The van der Waals surface area contributed by atoms with E-state index in [-0.39, 0.29) is 6.04 Å². The van der Waals surface area contributed by atoms with E-state index in [1.165, 1.54) is 0 Å². The summed E-state index contributed by atoms with van der Waals surface area (Å²) in [6.45, 7) is 4.44. The van der Waals surface area contributed by atoms with Crippen molar-refractivity contribution in [2.24, 2.45) is 5.73 Å². The monoisotopic (exact) mass is 286 g/mol. The number of nitrogens with two attached hydrogens (primary N) is 1. The van der Waals surface area contributed by atoms with Crippen LogP contribution in [0.1, 0.15) is 24.5 Å². The van der Waals surface area contributed by atoms with Crippen LogP contribution in [0.25, 0.3) is 0 Å². The number of rotatable bonds is 7. The molecule has 0 aromatic heterocycles. The maximum Gasteiger partial charge on any atom is 0.241 e. The number of benzene rings is 1. The third-order valence-electron chi connectivity index (χ3n) is 3.02. The predicted molar refractivity (Wildman–Crippen MR) is 75.3 cm³/mol. The van der Waals surface area contributed by atoms with Crippen LogP contribution in [0.4, 0.5) is 0 Å². The van der Waals surface area contributed by atoms with Crippen molar-refractivity contribution in [2.45, 2.75) is 37.8 Å². The van der Waals surface area contributed by atoms with Crippen molar-refractivity contribution < 1.29 is 13.2 Å². The zero-order valence-electron chi connectivity index (χ0n) is 11.6. The van der Waals surface area contributed by atoms with Crippen LogP contribution in [-0.2, 0) is 21.3 Å². The molecule has 0 bridgehead atoms. The molecule has 1 aromatic rings. The first kappa shape index (κ1) is 16.1. The van der Waals surface area contributed by atoms with Gasteiger partial charge in [0.05, 0.1) is 4.90 Å². The minimum absolute atomic E-state index is 0.175. The molecule has 0 heterocycles. The predicted octanol–water partition coefficient (Wildman–Crippen LogP) is 1.16. The zero-order valence-corrected chi connectivity index (χ0v) is 12.5. The van der Waals surface area contributed by atoms with Gasteiger partial charge >= 0.3 is 0 Å². The fourth-order valence-electron chi connectivity index (χ4n) is 1.85. The number of hydrogen-bond acceptors (Lipinski definition) is 4. The van der Waals surface area contributed by atoms with E-state index in [0.29, 0.717) is 30.0 Å². The van der Waals surface area contributed by atoms with Gasteiger partial charge < -0.3 is 10.5 Å². The van der Waals surface area contributed by atoms with Gasteiger partial charge in [-0.3, -0.25) is 0 Å². The van der Waals surface area contributed by atoms with Gasteiger partial charge in [-0.2, -0.15) is 0 Å². The van der Waals surface area contributed by atoms with Gasteiger partial charge in [0.2, 0.25) is 10.0 Å². The zero-order chi connectivity index (χ0) is 14.5. The molecule has 0 aliphatic carbocycles. The molecule has 0 radical (unpaired) electrons. The molecule has 1 rings (SSSR count).